The number of aromatic nitrogens is 2. The Morgan fingerprint density at radius 3 is 2.38 bits per heavy atom. The third-order valence-electron chi connectivity index (χ3n) is 3.59. The van der Waals surface area contributed by atoms with Crippen LogP contribution >= 0.6 is 11.6 Å². The van der Waals surface area contributed by atoms with Gasteiger partial charge in [-0.25, -0.2) is 4.68 Å². The van der Waals surface area contributed by atoms with Gasteiger partial charge in [-0.15, -0.1) is 0 Å². The molecule has 3 rings (SSSR count). The van der Waals surface area contributed by atoms with Gasteiger partial charge in [0.15, 0.2) is 0 Å². The van der Waals surface area contributed by atoms with Crippen LogP contribution in [0, 0.1) is 0 Å². The third kappa shape index (κ3) is 3.58. The smallest absolute Gasteiger partial charge is 0.303 e. The molecule has 0 bridgehead atoms. The molecule has 3 aromatic rings. The van der Waals surface area contributed by atoms with Gasteiger partial charge in [0, 0.05) is 17.0 Å². The highest BCUT2D eigenvalue weighted by atomic mass is 35.5. The average molecular weight is 343 g/mol. The zero-order valence-corrected chi connectivity index (χ0v) is 13.4. The number of phenols is 1. The van der Waals surface area contributed by atoms with E-state index in [-0.39, 0.29) is 12.2 Å². The van der Waals surface area contributed by atoms with Crippen LogP contribution in [-0.4, -0.2) is 26.0 Å². The summed E-state index contributed by atoms with van der Waals surface area (Å²) in [6, 6.07) is 15.9. The minimum Gasteiger partial charge on any atom is -0.508 e. The van der Waals surface area contributed by atoms with Crippen LogP contribution in [0.3, 0.4) is 0 Å². The van der Waals surface area contributed by atoms with Crippen molar-refractivity contribution in [2.75, 3.05) is 0 Å². The van der Waals surface area contributed by atoms with Crippen LogP contribution in [-0.2, 0) is 11.2 Å². The molecule has 0 fully saturated rings. The third-order valence-corrected chi connectivity index (χ3v) is 3.84. The Hall–Kier alpha value is -2.79. The van der Waals surface area contributed by atoms with E-state index in [1.807, 2.05) is 18.2 Å². The molecule has 0 aliphatic rings. The number of hydrogen-bond donors (Lipinski definition) is 2. The van der Waals surface area contributed by atoms with Gasteiger partial charge in [0.1, 0.15) is 5.75 Å². The van der Waals surface area contributed by atoms with Crippen LogP contribution in [0.25, 0.3) is 16.9 Å². The van der Waals surface area contributed by atoms with Crippen LogP contribution in [0.15, 0.2) is 54.6 Å². The average Bonchev–Trinajstić information content (AvgIpc) is 2.98. The predicted molar refractivity (Wildman–Crippen MR) is 91.6 cm³/mol. The summed E-state index contributed by atoms with van der Waals surface area (Å²) in [5, 5.41) is 23.5. The molecule has 0 saturated heterocycles. The minimum absolute atomic E-state index is 0.0205. The molecule has 5 nitrogen and oxygen atoms in total. The lowest BCUT2D eigenvalue weighted by Crippen LogP contribution is -2.01. The van der Waals surface area contributed by atoms with E-state index >= 15 is 0 Å². The summed E-state index contributed by atoms with van der Waals surface area (Å²) in [5.74, 6) is -0.688. The van der Waals surface area contributed by atoms with E-state index < -0.39 is 5.97 Å². The highest BCUT2D eigenvalue weighted by Crippen LogP contribution is 2.26. The molecule has 0 aliphatic carbocycles. The molecule has 0 atom stereocenters. The molecule has 2 aromatic carbocycles. The normalized spacial score (nSPS) is 10.7. The number of hydrogen-bond acceptors (Lipinski definition) is 3. The standard InChI is InChI=1S/C18H15ClN2O3/c19-13-3-1-12(2-4-13)17-11-14(5-10-18(23)24)20-21(17)15-6-8-16(22)9-7-15/h1-4,6-9,11,22H,5,10H2,(H,23,24). The molecule has 0 spiro atoms. The van der Waals surface area contributed by atoms with Gasteiger partial charge in [-0.3, -0.25) is 4.79 Å². The number of aliphatic carboxylic acids is 1. The van der Waals surface area contributed by atoms with Crippen molar-refractivity contribution in [2.24, 2.45) is 0 Å². The van der Waals surface area contributed by atoms with Gasteiger partial charge < -0.3 is 10.2 Å². The van der Waals surface area contributed by atoms with Crippen LogP contribution < -0.4 is 0 Å². The fraction of sp³-hybridized carbons (Fsp3) is 0.111. The number of carboxylic acids is 1. The highest BCUT2D eigenvalue weighted by Gasteiger charge is 2.13. The lowest BCUT2D eigenvalue weighted by molar-refractivity contribution is -0.136. The van der Waals surface area contributed by atoms with Crippen LogP contribution in [0.2, 0.25) is 5.02 Å². The van der Waals surface area contributed by atoms with Crippen molar-refractivity contribution >= 4 is 17.6 Å². The van der Waals surface area contributed by atoms with Crippen molar-refractivity contribution < 1.29 is 15.0 Å². The Balaban J connectivity index is 2.05. The topological polar surface area (TPSA) is 75.3 Å². The summed E-state index contributed by atoms with van der Waals surface area (Å²) in [6.07, 6.45) is 0.369. The molecular weight excluding hydrogens is 328 g/mol. The number of benzene rings is 2. The van der Waals surface area contributed by atoms with Gasteiger partial charge in [-0.1, -0.05) is 23.7 Å². The number of halogens is 1. The Kier molecular flexibility index (Phi) is 4.53. The summed E-state index contributed by atoms with van der Waals surface area (Å²) < 4.78 is 1.74. The molecule has 0 radical (unpaired) electrons. The summed E-state index contributed by atoms with van der Waals surface area (Å²) in [7, 11) is 0. The lowest BCUT2D eigenvalue weighted by Gasteiger charge is -2.08. The largest absolute Gasteiger partial charge is 0.508 e. The number of carboxylic acid groups (broad SMARTS) is 1. The SMILES string of the molecule is O=C(O)CCc1cc(-c2ccc(Cl)cc2)n(-c2ccc(O)cc2)n1. The molecule has 2 N–H and O–H groups in total. The van der Waals surface area contributed by atoms with Crippen molar-refractivity contribution in [3.63, 3.8) is 0 Å². The molecule has 6 heteroatoms. The number of nitrogens with zero attached hydrogens (tertiary/aromatic N) is 2. The van der Waals surface area contributed by atoms with Gasteiger partial charge in [0.05, 0.1) is 23.5 Å². The molecule has 0 amide bonds. The van der Waals surface area contributed by atoms with Crippen LogP contribution in [0.1, 0.15) is 12.1 Å². The molecule has 0 saturated carbocycles. The predicted octanol–water partition coefficient (Wildman–Crippen LogP) is 3.92. The second-order valence-corrected chi connectivity index (χ2v) is 5.79. The maximum Gasteiger partial charge on any atom is 0.303 e. The van der Waals surface area contributed by atoms with Gasteiger partial charge in [0.2, 0.25) is 0 Å². The number of phenolic OH excluding ortho intramolecular Hbond substituents is 1. The number of aromatic hydroxyl groups is 1. The highest BCUT2D eigenvalue weighted by molar-refractivity contribution is 6.30. The molecule has 0 unspecified atom stereocenters. The van der Waals surface area contributed by atoms with E-state index in [0.717, 1.165) is 16.9 Å². The molecule has 1 heterocycles. The number of carbonyl (C=O) groups is 1. The quantitative estimate of drug-likeness (QED) is 0.737. The monoisotopic (exact) mass is 342 g/mol. The Morgan fingerprint density at radius 1 is 1.08 bits per heavy atom. The number of rotatable bonds is 5. The molecular formula is C18H15ClN2O3. The Morgan fingerprint density at radius 2 is 1.75 bits per heavy atom. The molecule has 122 valence electrons. The molecule has 0 aliphatic heterocycles. The first-order valence-corrected chi connectivity index (χ1v) is 7.77. The maximum atomic E-state index is 10.8. The molecule has 1 aromatic heterocycles. The van der Waals surface area contributed by atoms with Crippen molar-refractivity contribution in [1.82, 2.24) is 9.78 Å². The maximum absolute atomic E-state index is 10.8. The Bertz CT molecular complexity index is 792. The van der Waals surface area contributed by atoms with Crippen molar-refractivity contribution in [1.29, 1.82) is 0 Å². The van der Waals surface area contributed by atoms with Gasteiger partial charge >= 0.3 is 5.97 Å². The van der Waals surface area contributed by atoms with E-state index in [0.29, 0.717) is 17.1 Å². The first-order chi connectivity index (χ1) is 11.5. The molecule has 24 heavy (non-hydrogen) atoms. The zero-order valence-electron chi connectivity index (χ0n) is 12.7. The van der Waals surface area contributed by atoms with Crippen molar-refractivity contribution in [3.05, 3.63) is 65.3 Å². The van der Waals surface area contributed by atoms with Crippen molar-refractivity contribution in [3.8, 4) is 22.7 Å². The minimum atomic E-state index is -0.859. The van der Waals surface area contributed by atoms with E-state index in [9.17, 15) is 9.90 Å². The van der Waals surface area contributed by atoms with E-state index in [2.05, 4.69) is 5.10 Å². The summed E-state index contributed by atoms with van der Waals surface area (Å²) in [4.78, 5) is 10.8. The second-order valence-electron chi connectivity index (χ2n) is 5.35. The van der Waals surface area contributed by atoms with Gasteiger partial charge in [-0.2, -0.15) is 5.10 Å². The zero-order chi connectivity index (χ0) is 17.1. The van der Waals surface area contributed by atoms with E-state index in [4.69, 9.17) is 16.7 Å². The van der Waals surface area contributed by atoms with E-state index in [1.54, 1.807) is 41.1 Å². The summed E-state index contributed by atoms with van der Waals surface area (Å²) in [6.45, 7) is 0. The first kappa shape index (κ1) is 16.1. The van der Waals surface area contributed by atoms with Crippen molar-refractivity contribution in [2.45, 2.75) is 12.8 Å². The van der Waals surface area contributed by atoms with Gasteiger partial charge in [0.25, 0.3) is 0 Å². The lowest BCUT2D eigenvalue weighted by atomic mass is 10.1. The summed E-state index contributed by atoms with van der Waals surface area (Å²) >= 11 is 5.95. The fourth-order valence-electron chi connectivity index (χ4n) is 2.40. The van der Waals surface area contributed by atoms with Crippen LogP contribution in [0.4, 0.5) is 0 Å². The van der Waals surface area contributed by atoms with Gasteiger partial charge in [-0.05, 0) is 42.5 Å². The second kappa shape index (κ2) is 6.76. The van der Waals surface area contributed by atoms with E-state index in [1.165, 1.54) is 0 Å². The fourth-order valence-corrected chi connectivity index (χ4v) is 2.53. The first-order valence-electron chi connectivity index (χ1n) is 7.39. The Labute approximate surface area is 143 Å². The summed E-state index contributed by atoms with van der Waals surface area (Å²) in [5.41, 5.74) is 3.22. The number of aryl methyl sites for hydroxylation is 1. The van der Waals surface area contributed by atoms with Crippen LogP contribution in [0.5, 0.6) is 5.75 Å².